The molecule has 0 radical (unpaired) electrons. The van der Waals surface area contributed by atoms with Gasteiger partial charge in [0.05, 0.1) is 23.5 Å². The van der Waals surface area contributed by atoms with Crippen molar-refractivity contribution in [3.63, 3.8) is 0 Å². The van der Waals surface area contributed by atoms with E-state index in [9.17, 15) is 13.5 Å². The van der Waals surface area contributed by atoms with Crippen LogP contribution in [0.4, 0.5) is 17.3 Å². The molecule has 0 aliphatic rings. The SMILES string of the molecule is Cc1ccc([C@H](Nc2nc3nsnc3nc2Nc2cccc(S(=O)(=O)N(C)C)c2O)C(C)(C)C)s1. The van der Waals surface area contributed by atoms with E-state index in [-0.39, 0.29) is 22.0 Å². The van der Waals surface area contributed by atoms with E-state index in [0.29, 0.717) is 22.9 Å². The van der Waals surface area contributed by atoms with Crippen LogP contribution in [0, 0.1) is 12.3 Å². The predicted octanol–water partition coefficient (Wildman–Crippen LogP) is 4.75. The van der Waals surface area contributed by atoms with Crippen LogP contribution in [-0.4, -0.2) is 50.6 Å². The molecular formula is C22H27N7O3S3. The molecule has 13 heteroatoms. The number of aromatic nitrogens is 4. The number of hydrogen-bond acceptors (Lipinski definition) is 11. The van der Waals surface area contributed by atoms with Crippen LogP contribution in [0.3, 0.4) is 0 Å². The molecule has 186 valence electrons. The first-order valence-electron chi connectivity index (χ1n) is 10.7. The largest absolute Gasteiger partial charge is 0.504 e. The zero-order chi connectivity index (χ0) is 25.5. The second-order valence-corrected chi connectivity index (χ2v) is 13.3. The quantitative estimate of drug-likeness (QED) is 0.288. The second kappa shape index (κ2) is 9.30. The number of sulfonamides is 1. The lowest BCUT2D eigenvalue weighted by atomic mass is 9.86. The molecule has 0 saturated heterocycles. The van der Waals surface area contributed by atoms with Crippen molar-refractivity contribution < 1.29 is 13.5 Å². The zero-order valence-electron chi connectivity index (χ0n) is 20.2. The van der Waals surface area contributed by atoms with Crippen LogP contribution >= 0.6 is 23.1 Å². The van der Waals surface area contributed by atoms with Gasteiger partial charge in [-0.2, -0.15) is 8.75 Å². The van der Waals surface area contributed by atoms with Crippen LogP contribution in [-0.2, 0) is 10.0 Å². The summed E-state index contributed by atoms with van der Waals surface area (Å²) in [5.74, 6) is 0.297. The zero-order valence-corrected chi connectivity index (χ0v) is 22.6. The number of phenolic OH excluding ortho intramolecular Hbond substituents is 1. The monoisotopic (exact) mass is 533 g/mol. The predicted molar refractivity (Wildman–Crippen MR) is 140 cm³/mol. The maximum atomic E-state index is 12.7. The summed E-state index contributed by atoms with van der Waals surface area (Å²) in [7, 11) is -1.04. The van der Waals surface area contributed by atoms with Gasteiger partial charge in [0, 0.05) is 23.8 Å². The van der Waals surface area contributed by atoms with Crippen molar-refractivity contribution in [1.82, 2.24) is 23.0 Å². The fraction of sp³-hybridized carbons (Fsp3) is 0.364. The highest BCUT2D eigenvalue weighted by Gasteiger charge is 2.30. The maximum absolute atomic E-state index is 12.7. The molecule has 35 heavy (non-hydrogen) atoms. The number of hydrogen-bond donors (Lipinski definition) is 3. The first-order chi connectivity index (χ1) is 16.4. The van der Waals surface area contributed by atoms with Gasteiger partial charge in [-0.15, -0.1) is 11.3 Å². The van der Waals surface area contributed by atoms with Crippen LogP contribution in [0.15, 0.2) is 35.2 Å². The number of phenols is 1. The highest BCUT2D eigenvalue weighted by atomic mass is 32.2. The van der Waals surface area contributed by atoms with E-state index in [0.717, 1.165) is 20.9 Å². The van der Waals surface area contributed by atoms with E-state index in [2.05, 4.69) is 69.2 Å². The van der Waals surface area contributed by atoms with Gasteiger partial charge < -0.3 is 15.7 Å². The Morgan fingerprint density at radius 1 is 1.03 bits per heavy atom. The Labute approximate surface area is 212 Å². The van der Waals surface area contributed by atoms with Gasteiger partial charge in [0.25, 0.3) is 0 Å². The Morgan fingerprint density at radius 3 is 2.26 bits per heavy atom. The molecule has 0 aliphatic carbocycles. The number of rotatable bonds is 7. The van der Waals surface area contributed by atoms with Gasteiger partial charge in [-0.05, 0) is 36.6 Å². The van der Waals surface area contributed by atoms with E-state index in [4.69, 9.17) is 0 Å². The number of nitrogens with zero attached hydrogens (tertiary/aromatic N) is 5. The van der Waals surface area contributed by atoms with Crippen molar-refractivity contribution in [3.8, 4) is 5.75 Å². The summed E-state index contributed by atoms with van der Waals surface area (Å²) in [6.45, 7) is 8.45. The van der Waals surface area contributed by atoms with Crippen molar-refractivity contribution >= 4 is 61.7 Å². The minimum absolute atomic E-state index is 0.103. The van der Waals surface area contributed by atoms with Crippen LogP contribution in [0.25, 0.3) is 11.3 Å². The van der Waals surface area contributed by atoms with E-state index in [1.807, 2.05) is 0 Å². The smallest absolute Gasteiger partial charge is 0.246 e. The van der Waals surface area contributed by atoms with E-state index in [1.165, 1.54) is 25.0 Å². The number of fused-ring (bicyclic) bond motifs is 1. The average Bonchev–Trinajstić information content (AvgIpc) is 3.40. The van der Waals surface area contributed by atoms with Crippen LogP contribution < -0.4 is 10.6 Å². The van der Waals surface area contributed by atoms with Crippen molar-refractivity contribution in [2.75, 3.05) is 24.7 Å². The third kappa shape index (κ3) is 5.08. The van der Waals surface area contributed by atoms with Crippen molar-refractivity contribution in [3.05, 3.63) is 40.1 Å². The van der Waals surface area contributed by atoms with Crippen LogP contribution in [0.1, 0.15) is 36.6 Å². The van der Waals surface area contributed by atoms with Crippen molar-refractivity contribution in [2.24, 2.45) is 5.41 Å². The van der Waals surface area contributed by atoms with Gasteiger partial charge in [0.2, 0.25) is 21.3 Å². The fourth-order valence-electron chi connectivity index (χ4n) is 3.44. The summed E-state index contributed by atoms with van der Waals surface area (Å²) in [5, 5.41) is 17.4. The molecule has 10 nitrogen and oxygen atoms in total. The molecular weight excluding hydrogens is 506 g/mol. The highest BCUT2D eigenvalue weighted by molar-refractivity contribution is 7.89. The lowest BCUT2D eigenvalue weighted by Gasteiger charge is -2.31. The Hall–Kier alpha value is -2.87. The normalized spacial score (nSPS) is 13.3. The first-order valence-corrected chi connectivity index (χ1v) is 13.7. The third-order valence-corrected chi connectivity index (χ3v) is 8.74. The molecule has 3 aromatic heterocycles. The summed E-state index contributed by atoms with van der Waals surface area (Å²) in [6.07, 6.45) is 0. The molecule has 0 amide bonds. The maximum Gasteiger partial charge on any atom is 0.246 e. The number of benzene rings is 1. The van der Waals surface area contributed by atoms with Crippen molar-refractivity contribution in [2.45, 2.75) is 38.6 Å². The molecule has 0 spiro atoms. The lowest BCUT2D eigenvalue weighted by Crippen LogP contribution is -2.26. The van der Waals surface area contributed by atoms with Gasteiger partial charge in [-0.3, -0.25) is 0 Å². The summed E-state index contributed by atoms with van der Waals surface area (Å²) in [6, 6.07) is 8.54. The summed E-state index contributed by atoms with van der Waals surface area (Å²) in [4.78, 5) is 11.3. The Kier molecular flexibility index (Phi) is 6.70. The molecule has 1 aromatic carbocycles. The lowest BCUT2D eigenvalue weighted by molar-refractivity contribution is 0.351. The average molecular weight is 534 g/mol. The van der Waals surface area contributed by atoms with Gasteiger partial charge >= 0.3 is 0 Å². The third-order valence-electron chi connectivity index (χ3n) is 5.32. The Balaban J connectivity index is 1.80. The molecule has 0 aliphatic heterocycles. The summed E-state index contributed by atoms with van der Waals surface area (Å²) < 4.78 is 34.8. The minimum Gasteiger partial charge on any atom is -0.504 e. The molecule has 0 fully saturated rings. The van der Waals surface area contributed by atoms with E-state index < -0.39 is 15.8 Å². The minimum atomic E-state index is -3.86. The molecule has 3 N–H and O–H groups in total. The number of para-hydroxylation sites is 1. The topological polar surface area (TPSA) is 133 Å². The first kappa shape index (κ1) is 25.2. The second-order valence-electron chi connectivity index (χ2n) is 9.29. The molecule has 0 unspecified atom stereocenters. The van der Waals surface area contributed by atoms with Crippen molar-refractivity contribution in [1.29, 1.82) is 0 Å². The summed E-state index contributed by atoms with van der Waals surface area (Å²) >= 11 is 2.70. The Morgan fingerprint density at radius 2 is 1.69 bits per heavy atom. The number of aryl methyl sites for hydroxylation is 1. The van der Waals surface area contributed by atoms with Gasteiger partial charge in [0.1, 0.15) is 4.90 Å². The number of nitrogens with one attached hydrogen (secondary N) is 2. The molecule has 4 rings (SSSR count). The molecule has 1 atom stereocenters. The van der Waals surface area contributed by atoms with Gasteiger partial charge in [0.15, 0.2) is 17.4 Å². The molecule has 0 bridgehead atoms. The Bertz CT molecular complexity index is 1470. The molecule has 4 aromatic rings. The molecule has 3 heterocycles. The number of thiophene rings is 1. The van der Waals surface area contributed by atoms with E-state index in [1.54, 1.807) is 23.5 Å². The van der Waals surface area contributed by atoms with Crippen LogP contribution in [0.5, 0.6) is 5.75 Å². The number of anilines is 3. The van der Waals surface area contributed by atoms with Crippen LogP contribution in [0.2, 0.25) is 0 Å². The fourth-order valence-corrected chi connectivity index (χ4v) is 6.05. The van der Waals surface area contributed by atoms with Gasteiger partial charge in [-0.1, -0.05) is 26.8 Å². The van der Waals surface area contributed by atoms with E-state index >= 15 is 0 Å². The molecule has 0 saturated carbocycles. The number of aromatic hydroxyl groups is 1. The summed E-state index contributed by atoms with van der Waals surface area (Å²) in [5.41, 5.74) is 0.741. The standard InChI is InChI=1S/C22H27N7O3S3/c1-12-10-11-14(33-12)17(22(2,3)4)24-19-18(25-20-21(26-19)28-34-27-20)23-13-8-7-9-15(16(13)30)35(31,32)29(5)6/h7-11,17,30H,1-6H3,(H,23,25,27)(H,24,26,28)/t17-/m0/s1. The highest BCUT2D eigenvalue weighted by Crippen LogP contribution is 2.41. The van der Waals surface area contributed by atoms with Gasteiger partial charge in [-0.25, -0.2) is 22.7 Å².